The zero-order chi connectivity index (χ0) is 19.6. The number of benzene rings is 2. The summed E-state index contributed by atoms with van der Waals surface area (Å²) in [5, 5.41) is 0.594. The first-order valence-corrected chi connectivity index (χ1v) is 9.52. The molecule has 0 aliphatic heterocycles. The second-order valence-electron chi connectivity index (χ2n) is 5.98. The van der Waals surface area contributed by atoms with Crippen molar-refractivity contribution in [2.75, 3.05) is 5.75 Å². The summed E-state index contributed by atoms with van der Waals surface area (Å²) in [6, 6.07) is 10.9. The molecule has 0 saturated carbocycles. The Morgan fingerprint density at radius 3 is 2.74 bits per heavy atom. The quantitative estimate of drug-likeness (QED) is 0.360. The van der Waals surface area contributed by atoms with Crippen molar-refractivity contribution >= 4 is 40.2 Å². The first kappa shape index (κ1) is 19.4. The second kappa shape index (κ2) is 8.10. The Labute approximate surface area is 164 Å². The average molecular weight is 407 g/mol. The standard InChI is InChI=1S/C19H16ClFN2O3S/c1-11(2)26-17(24)10-27-19-22-16-6-4-3-5-13(16)18(25)23(19)12-7-8-15(21)14(20)9-12/h3-9,11H,10H2,1-2H3. The Morgan fingerprint density at radius 1 is 1.30 bits per heavy atom. The number of hydrogen-bond acceptors (Lipinski definition) is 5. The van der Waals surface area contributed by atoms with Crippen molar-refractivity contribution in [2.45, 2.75) is 25.1 Å². The van der Waals surface area contributed by atoms with Gasteiger partial charge in [0.1, 0.15) is 5.82 Å². The molecule has 0 saturated heterocycles. The average Bonchev–Trinajstić information content (AvgIpc) is 2.62. The lowest BCUT2D eigenvalue weighted by molar-refractivity contribution is -0.144. The summed E-state index contributed by atoms with van der Waals surface area (Å²) in [6.45, 7) is 3.51. The van der Waals surface area contributed by atoms with Crippen molar-refractivity contribution in [3.63, 3.8) is 0 Å². The van der Waals surface area contributed by atoms with Crippen LogP contribution in [0.1, 0.15) is 13.8 Å². The number of aromatic nitrogens is 2. The number of nitrogens with zero attached hydrogens (tertiary/aromatic N) is 2. The maximum Gasteiger partial charge on any atom is 0.316 e. The van der Waals surface area contributed by atoms with E-state index in [2.05, 4.69) is 4.98 Å². The zero-order valence-corrected chi connectivity index (χ0v) is 16.2. The lowest BCUT2D eigenvalue weighted by Crippen LogP contribution is -2.22. The summed E-state index contributed by atoms with van der Waals surface area (Å²) in [6.07, 6.45) is -0.235. The van der Waals surface area contributed by atoms with Gasteiger partial charge in [-0.2, -0.15) is 0 Å². The maximum atomic E-state index is 13.5. The second-order valence-corrected chi connectivity index (χ2v) is 7.33. The van der Waals surface area contributed by atoms with Gasteiger partial charge in [0.2, 0.25) is 0 Å². The smallest absolute Gasteiger partial charge is 0.316 e. The molecule has 0 N–H and O–H groups in total. The molecule has 3 aromatic rings. The fraction of sp³-hybridized carbons (Fsp3) is 0.211. The fourth-order valence-corrected chi connectivity index (χ4v) is 3.45. The molecule has 0 spiro atoms. The van der Waals surface area contributed by atoms with Crippen LogP contribution >= 0.6 is 23.4 Å². The zero-order valence-electron chi connectivity index (χ0n) is 14.6. The van der Waals surface area contributed by atoms with Gasteiger partial charge in [0.15, 0.2) is 5.16 Å². The van der Waals surface area contributed by atoms with Crippen LogP contribution in [0.3, 0.4) is 0 Å². The number of carbonyl (C=O) groups excluding carboxylic acids is 1. The molecule has 0 atom stereocenters. The minimum atomic E-state index is -0.586. The first-order valence-electron chi connectivity index (χ1n) is 8.16. The molecule has 1 aromatic heterocycles. The predicted molar refractivity (Wildman–Crippen MR) is 104 cm³/mol. The molecule has 2 aromatic carbocycles. The van der Waals surface area contributed by atoms with Gasteiger partial charge in [-0.25, -0.2) is 9.37 Å². The lowest BCUT2D eigenvalue weighted by Gasteiger charge is -2.14. The highest BCUT2D eigenvalue weighted by molar-refractivity contribution is 7.99. The molecular weight excluding hydrogens is 391 g/mol. The van der Waals surface area contributed by atoms with E-state index in [1.54, 1.807) is 38.1 Å². The normalized spacial score (nSPS) is 11.1. The number of hydrogen-bond donors (Lipinski definition) is 0. The number of carbonyl (C=O) groups is 1. The van der Waals surface area contributed by atoms with Crippen LogP contribution in [0, 0.1) is 5.82 Å². The highest BCUT2D eigenvalue weighted by Crippen LogP contribution is 2.24. The van der Waals surface area contributed by atoms with E-state index in [0.717, 1.165) is 11.8 Å². The van der Waals surface area contributed by atoms with E-state index in [0.29, 0.717) is 21.7 Å². The fourth-order valence-electron chi connectivity index (χ4n) is 2.48. The van der Waals surface area contributed by atoms with Crippen LogP contribution in [0.2, 0.25) is 5.02 Å². The maximum absolute atomic E-state index is 13.5. The monoisotopic (exact) mass is 406 g/mol. The molecule has 27 heavy (non-hydrogen) atoms. The Morgan fingerprint density at radius 2 is 2.04 bits per heavy atom. The molecule has 1 heterocycles. The molecular formula is C19H16ClFN2O3S. The minimum absolute atomic E-state index is 0.0160. The molecule has 0 aliphatic rings. The van der Waals surface area contributed by atoms with Gasteiger partial charge in [0, 0.05) is 0 Å². The summed E-state index contributed by atoms with van der Waals surface area (Å²) >= 11 is 6.95. The van der Waals surface area contributed by atoms with Crippen LogP contribution < -0.4 is 5.56 Å². The molecule has 0 fully saturated rings. The van der Waals surface area contributed by atoms with Gasteiger partial charge < -0.3 is 4.74 Å². The Bertz CT molecular complexity index is 1070. The predicted octanol–water partition coefficient (Wildman–Crippen LogP) is 4.22. The van der Waals surface area contributed by atoms with Crippen molar-refractivity contribution in [2.24, 2.45) is 0 Å². The number of halogens is 2. The number of esters is 1. The molecule has 0 amide bonds. The van der Waals surface area contributed by atoms with Crippen LogP contribution in [-0.4, -0.2) is 27.4 Å². The highest BCUT2D eigenvalue weighted by atomic mass is 35.5. The van der Waals surface area contributed by atoms with E-state index in [1.165, 1.54) is 22.8 Å². The molecule has 8 heteroatoms. The molecule has 3 rings (SSSR count). The van der Waals surface area contributed by atoms with Crippen molar-refractivity contribution in [1.29, 1.82) is 0 Å². The van der Waals surface area contributed by atoms with Crippen LogP contribution in [-0.2, 0) is 9.53 Å². The van der Waals surface area contributed by atoms with Gasteiger partial charge in [-0.15, -0.1) is 0 Å². The number of thioether (sulfide) groups is 1. The van der Waals surface area contributed by atoms with E-state index in [-0.39, 0.29) is 22.4 Å². The Balaban J connectivity index is 2.11. The number of fused-ring (bicyclic) bond motifs is 1. The Hall–Kier alpha value is -2.38. The highest BCUT2D eigenvalue weighted by Gasteiger charge is 2.16. The summed E-state index contributed by atoms with van der Waals surface area (Å²) in [4.78, 5) is 29.4. The molecule has 0 radical (unpaired) electrons. The third-order valence-corrected chi connectivity index (χ3v) is 4.79. The third kappa shape index (κ3) is 4.31. The van der Waals surface area contributed by atoms with Gasteiger partial charge in [0.25, 0.3) is 5.56 Å². The summed E-state index contributed by atoms with van der Waals surface area (Å²) in [5.74, 6) is -1.02. The molecule has 0 bridgehead atoms. The Kier molecular flexibility index (Phi) is 5.82. The van der Waals surface area contributed by atoms with Gasteiger partial charge in [-0.1, -0.05) is 35.5 Å². The SMILES string of the molecule is CC(C)OC(=O)CSc1nc2ccccc2c(=O)n1-c1ccc(F)c(Cl)c1. The van der Waals surface area contributed by atoms with Gasteiger partial charge >= 0.3 is 5.97 Å². The molecule has 5 nitrogen and oxygen atoms in total. The molecule has 0 unspecified atom stereocenters. The van der Waals surface area contributed by atoms with Crippen LogP contribution in [0.25, 0.3) is 16.6 Å². The number of ether oxygens (including phenoxy) is 1. The van der Waals surface area contributed by atoms with Gasteiger partial charge in [-0.3, -0.25) is 14.2 Å². The number of rotatable bonds is 5. The minimum Gasteiger partial charge on any atom is -0.462 e. The van der Waals surface area contributed by atoms with Crippen molar-refractivity contribution < 1.29 is 13.9 Å². The van der Waals surface area contributed by atoms with Crippen molar-refractivity contribution in [3.05, 3.63) is 63.7 Å². The van der Waals surface area contributed by atoms with E-state index < -0.39 is 11.8 Å². The summed E-state index contributed by atoms with van der Waals surface area (Å²) in [7, 11) is 0. The largest absolute Gasteiger partial charge is 0.462 e. The van der Waals surface area contributed by atoms with E-state index in [1.807, 2.05) is 0 Å². The van der Waals surface area contributed by atoms with E-state index in [4.69, 9.17) is 16.3 Å². The van der Waals surface area contributed by atoms with E-state index in [9.17, 15) is 14.0 Å². The van der Waals surface area contributed by atoms with Crippen LogP contribution in [0.4, 0.5) is 4.39 Å². The van der Waals surface area contributed by atoms with Crippen molar-refractivity contribution in [3.8, 4) is 5.69 Å². The topological polar surface area (TPSA) is 61.2 Å². The molecule has 140 valence electrons. The third-order valence-electron chi connectivity index (χ3n) is 3.59. The van der Waals surface area contributed by atoms with E-state index >= 15 is 0 Å². The lowest BCUT2D eigenvalue weighted by atomic mass is 10.2. The summed E-state index contributed by atoms with van der Waals surface area (Å²) in [5.41, 5.74) is 0.541. The number of para-hydroxylation sites is 1. The first-order chi connectivity index (χ1) is 12.9. The van der Waals surface area contributed by atoms with Crippen LogP contribution in [0.15, 0.2) is 52.4 Å². The molecule has 0 aliphatic carbocycles. The van der Waals surface area contributed by atoms with Crippen molar-refractivity contribution in [1.82, 2.24) is 9.55 Å². The van der Waals surface area contributed by atoms with Gasteiger partial charge in [-0.05, 0) is 44.2 Å². The summed E-state index contributed by atoms with van der Waals surface area (Å²) < 4.78 is 20.0. The van der Waals surface area contributed by atoms with Crippen LogP contribution in [0.5, 0.6) is 0 Å². The van der Waals surface area contributed by atoms with Gasteiger partial charge in [0.05, 0.1) is 33.5 Å².